The molecular formula is C14H18O3. The smallest absolute Gasteiger partial charge is 0.134 e. The zero-order valence-electron chi connectivity index (χ0n) is 10.2. The van der Waals surface area contributed by atoms with Crippen LogP contribution in [0.15, 0.2) is 12.1 Å². The summed E-state index contributed by atoms with van der Waals surface area (Å²) in [6.07, 6.45) is 2.51. The standard InChI is InChI=1S/C14H18O3/c1-8-6-10(15)12-9-4-3-5-14(2,16)13(9)17-11(12)7-8/h6-7,9,13,15-16H,3-5H2,1-2H3. The summed E-state index contributed by atoms with van der Waals surface area (Å²) < 4.78 is 5.88. The zero-order valence-corrected chi connectivity index (χ0v) is 10.2. The second-order valence-corrected chi connectivity index (χ2v) is 5.59. The van der Waals surface area contributed by atoms with Crippen LogP contribution in [0.5, 0.6) is 11.5 Å². The Morgan fingerprint density at radius 3 is 2.94 bits per heavy atom. The fraction of sp³-hybridized carbons (Fsp3) is 0.571. The molecular weight excluding hydrogens is 216 g/mol. The van der Waals surface area contributed by atoms with Crippen LogP contribution in [0.25, 0.3) is 0 Å². The molecule has 1 aliphatic carbocycles. The minimum absolute atomic E-state index is 0.134. The Kier molecular flexibility index (Phi) is 2.17. The van der Waals surface area contributed by atoms with Gasteiger partial charge < -0.3 is 14.9 Å². The maximum Gasteiger partial charge on any atom is 0.134 e. The van der Waals surface area contributed by atoms with Gasteiger partial charge in [0.2, 0.25) is 0 Å². The molecule has 92 valence electrons. The molecule has 2 aliphatic rings. The lowest BCUT2D eigenvalue weighted by Crippen LogP contribution is -2.47. The van der Waals surface area contributed by atoms with E-state index in [0.717, 1.165) is 36.1 Å². The Morgan fingerprint density at radius 2 is 2.18 bits per heavy atom. The minimum Gasteiger partial charge on any atom is -0.508 e. The van der Waals surface area contributed by atoms with E-state index in [-0.39, 0.29) is 12.0 Å². The lowest BCUT2D eigenvalue weighted by molar-refractivity contribution is -0.0725. The van der Waals surface area contributed by atoms with Crippen LogP contribution in [0.1, 0.15) is 43.2 Å². The van der Waals surface area contributed by atoms with Gasteiger partial charge in [-0.2, -0.15) is 0 Å². The molecule has 3 unspecified atom stereocenters. The second kappa shape index (κ2) is 3.39. The number of phenols is 1. The van der Waals surface area contributed by atoms with Gasteiger partial charge in [0.1, 0.15) is 17.6 Å². The average molecular weight is 234 g/mol. The summed E-state index contributed by atoms with van der Waals surface area (Å²) >= 11 is 0. The first kappa shape index (κ1) is 10.9. The molecule has 3 heteroatoms. The van der Waals surface area contributed by atoms with Crippen molar-refractivity contribution in [3.05, 3.63) is 23.3 Å². The minimum atomic E-state index is -0.789. The van der Waals surface area contributed by atoms with Crippen molar-refractivity contribution in [1.82, 2.24) is 0 Å². The Labute approximate surface area is 101 Å². The van der Waals surface area contributed by atoms with E-state index < -0.39 is 5.60 Å². The number of phenolic OH excluding ortho intramolecular Hbond substituents is 1. The van der Waals surface area contributed by atoms with Gasteiger partial charge in [-0.1, -0.05) is 0 Å². The molecule has 0 amide bonds. The predicted octanol–water partition coefficient (Wildman–Crippen LogP) is 2.48. The first-order valence-corrected chi connectivity index (χ1v) is 6.21. The fourth-order valence-electron chi connectivity index (χ4n) is 3.26. The molecule has 0 spiro atoms. The number of fused-ring (bicyclic) bond motifs is 3. The highest BCUT2D eigenvalue weighted by atomic mass is 16.5. The number of aliphatic hydroxyl groups is 1. The maximum absolute atomic E-state index is 10.4. The van der Waals surface area contributed by atoms with E-state index in [1.165, 1.54) is 0 Å². The number of hydrogen-bond donors (Lipinski definition) is 2. The number of hydrogen-bond acceptors (Lipinski definition) is 3. The van der Waals surface area contributed by atoms with Crippen molar-refractivity contribution in [3.63, 3.8) is 0 Å². The van der Waals surface area contributed by atoms with Crippen LogP contribution in [-0.4, -0.2) is 21.9 Å². The van der Waals surface area contributed by atoms with Crippen molar-refractivity contribution in [2.75, 3.05) is 0 Å². The van der Waals surface area contributed by atoms with Gasteiger partial charge in [-0.25, -0.2) is 0 Å². The topological polar surface area (TPSA) is 49.7 Å². The van der Waals surface area contributed by atoms with Crippen molar-refractivity contribution in [2.24, 2.45) is 0 Å². The van der Waals surface area contributed by atoms with Gasteiger partial charge in [0.05, 0.1) is 5.60 Å². The van der Waals surface area contributed by atoms with Crippen LogP contribution in [-0.2, 0) is 0 Å². The normalized spacial score (nSPS) is 35.0. The van der Waals surface area contributed by atoms with Gasteiger partial charge >= 0.3 is 0 Å². The Morgan fingerprint density at radius 1 is 1.41 bits per heavy atom. The zero-order chi connectivity index (χ0) is 12.2. The molecule has 17 heavy (non-hydrogen) atoms. The lowest BCUT2D eigenvalue weighted by Gasteiger charge is -2.37. The molecule has 3 atom stereocenters. The first-order chi connectivity index (χ1) is 7.99. The highest BCUT2D eigenvalue weighted by Crippen LogP contribution is 2.52. The number of aryl methyl sites for hydroxylation is 1. The van der Waals surface area contributed by atoms with Crippen LogP contribution in [0.4, 0.5) is 0 Å². The van der Waals surface area contributed by atoms with Crippen molar-refractivity contribution < 1.29 is 14.9 Å². The van der Waals surface area contributed by atoms with E-state index in [4.69, 9.17) is 4.74 Å². The number of benzene rings is 1. The summed E-state index contributed by atoms with van der Waals surface area (Å²) in [7, 11) is 0. The summed E-state index contributed by atoms with van der Waals surface area (Å²) in [6, 6.07) is 3.72. The van der Waals surface area contributed by atoms with Gasteiger partial charge in [-0.15, -0.1) is 0 Å². The van der Waals surface area contributed by atoms with Crippen molar-refractivity contribution >= 4 is 0 Å². The quantitative estimate of drug-likeness (QED) is 0.725. The van der Waals surface area contributed by atoms with Gasteiger partial charge in [0.25, 0.3) is 0 Å². The third-order valence-corrected chi connectivity index (χ3v) is 4.07. The Balaban J connectivity index is 2.09. The molecule has 0 saturated heterocycles. The van der Waals surface area contributed by atoms with Crippen LogP contribution in [0.3, 0.4) is 0 Å². The summed E-state index contributed by atoms with van der Waals surface area (Å²) in [5.74, 6) is 1.19. The van der Waals surface area contributed by atoms with E-state index in [0.29, 0.717) is 5.75 Å². The molecule has 1 aromatic carbocycles. The summed E-state index contributed by atoms with van der Waals surface area (Å²) in [5.41, 5.74) is 1.09. The summed E-state index contributed by atoms with van der Waals surface area (Å²) in [5, 5.41) is 20.4. The SMILES string of the molecule is Cc1cc(O)c2c(c1)OC1C2CCCC1(C)O. The van der Waals surface area contributed by atoms with Crippen LogP contribution >= 0.6 is 0 Å². The molecule has 0 bridgehead atoms. The molecule has 2 N–H and O–H groups in total. The summed E-state index contributed by atoms with van der Waals surface area (Å²) in [6.45, 7) is 3.77. The number of rotatable bonds is 0. The van der Waals surface area contributed by atoms with E-state index in [1.807, 2.05) is 19.9 Å². The molecule has 1 saturated carbocycles. The molecule has 1 aromatic rings. The van der Waals surface area contributed by atoms with Gasteiger partial charge in [-0.05, 0) is 50.8 Å². The number of ether oxygens (including phenoxy) is 1. The highest BCUT2D eigenvalue weighted by molar-refractivity contribution is 5.53. The number of aromatic hydroxyl groups is 1. The van der Waals surface area contributed by atoms with Crippen molar-refractivity contribution in [1.29, 1.82) is 0 Å². The van der Waals surface area contributed by atoms with Crippen molar-refractivity contribution in [2.45, 2.75) is 50.7 Å². The third kappa shape index (κ3) is 1.53. The molecule has 1 heterocycles. The van der Waals surface area contributed by atoms with E-state index >= 15 is 0 Å². The van der Waals surface area contributed by atoms with Crippen LogP contribution in [0.2, 0.25) is 0 Å². The maximum atomic E-state index is 10.4. The van der Waals surface area contributed by atoms with Gasteiger partial charge in [0.15, 0.2) is 0 Å². The second-order valence-electron chi connectivity index (χ2n) is 5.59. The van der Waals surface area contributed by atoms with E-state index in [2.05, 4.69) is 0 Å². The van der Waals surface area contributed by atoms with Gasteiger partial charge in [0, 0.05) is 11.5 Å². The Hall–Kier alpha value is -1.22. The summed E-state index contributed by atoms with van der Waals surface area (Å²) in [4.78, 5) is 0. The van der Waals surface area contributed by atoms with Crippen LogP contribution < -0.4 is 4.74 Å². The van der Waals surface area contributed by atoms with Crippen molar-refractivity contribution in [3.8, 4) is 11.5 Å². The molecule has 1 aliphatic heterocycles. The van der Waals surface area contributed by atoms with Crippen LogP contribution in [0, 0.1) is 6.92 Å². The van der Waals surface area contributed by atoms with Gasteiger partial charge in [-0.3, -0.25) is 0 Å². The lowest BCUT2D eigenvalue weighted by atomic mass is 9.74. The molecule has 3 nitrogen and oxygen atoms in total. The molecule has 0 radical (unpaired) electrons. The first-order valence-electron chi connectivity index (χ1n) is 6.21. The monoisotopic (exact) mass is 234 g/mol. The Bertz CT molecular complexity index is 465. The molecule has 3 rings (SSSR count). The highest BCUT2D eigenvalue weighted by Gasteiger charge is 2.49. The predicted molar refractivity (Wildman–Crippen MR) is 64.5 cm³/mol. The largest absolute Gasteiger partial charge is 0.508 e. The van der Waals surface area contributed by atoms with E-state index in [1.54, 1.807) is 6.07 Å². The third-order valence-electron chi connectivity index (χ3n) is 4.07. The average Bonchev–Trinajstić information content (AvgIpc) is 2.57. The molecule has 0 aromatic heterocycles. The fourth-order valence-corrected chi connectivity index (χ4v) is 3.26. The molecule has 1 fully saturated rings. The van der Waals surface area contributed by atoms with E-state index in [9.17, 15) is 10.2 Å².